The predicted octanol–water partition coefficient (Wildman–Crippen LogP) is 1.42. The summed E-state index contributed by atoms with van der Waals surface area (Å²) in [4.78, 5) is 22.9. The Kier molecular flexibility index (Phi) is 6.17. The van der Waals surface area contributed by atoms with Gasteiger partial charge in [0.05, 0.1) is 6.61 Å². The molecule has 0 aliphatic heterocycles. The first-order valence-electron chi connectivity index (χ1n) is 5.46. The van der Waals surface area contributed by atoms with Crippen LogP contribution in [0.1, 0.15) is 46.5 Å². The Bertz CT molecular complexity index is 228. The van der Waals surface area contributed by atoms with Gasteiger partial charge in [-0.1, -0.05) is 26.2 Å². The molecule has 0 aliphatic carbocycles. The largest absolute Gasteiger partial charge is 0.464 e. The smallest absolute Gasteiger partial charge is 0.333 e. The fourth-order valence-electron chi connectivity index (χ4n) is 1.34. The quantitative estimate of drug-likeness (QED) is 0.396. The second-order valence-electron chi connectivity index (χ2n) is 3.71. The van der Waals surface area contributed by atoms with E-state index in [0.29, 0.717) is 6.42 Å². The molecule has 0 aromatic rings. The topological polar surface area (TPSA) is 69.4 Å². The Morgan fingerprint density at radius 2 is 1.87 bits per heavy atom. The van der Waals surface area contributed by atoms with Crippen LogP contribution < -0.4 is 5.73 Å². The normalized spacial score (nSPS) is 14.4. The molecule has 0 fully saturated rings. The van der Waals surface area contributed by atoms with E-state index in [9.17, 15) is 9.59 Å². The number of carbonyl (C=O) groups excluding carboxylic acids is 2. The molecule has 0 saturated heterocycles. The second kappa shape index (κ2) is 6.56. The zero-order chi connectivity index (χ0) is 11.9. The van der Waals surface area contributed by atoms with E-state index in [4.69, 9.17) is 10.5 Å². The van der Waals surface area contributed by atoms with Crippen LogP contribution in [0.2, 0.25) is 0 Å². The van der Waals surface area contributed by atoms with Crippen LogP contribution in [-0.4, -0.2) is 23.9 Å². The summed E-state index contributed by atoms with van der Waals surface area (Å²) in [6, 6.07) is 0. The van der Waals surface area contributed by atoms with E-state index in [1.54, 1.807) is 6.92 Å². The molecule has 4 nitrogen and oxygen atoms in total. The van der Waals surface area contributed by atoms with E-state index in [1.165, 1.54) is 6.92 Å². The third kappa shape index (κ3) is 4.00. The minimum absolute atomic E-state index is 0.249. The fourth-order valence-corrected chi connectivity index (χ4v) is 1.34. The van der Waals surface area contributed by atoms with Gasteiger partial charge in [-0.15, -0.1) is 0 Å². The van der Waals surface area contributed by atoms with Crippen molar-refractivity contribution < 1.29 is 14.3 Å². The minimum atomic E-state index is -1.44. The summed E-state index contributed by atoms with van der Waals surface area (Å²) in [5.74, 6) is -0.925. The van der Waals surface area contributed by atoms with Gasteiger partial charge in [-0.3, -0.25) is 4.79 Å². The summed E-state index contributed by atoms with van der Waals surface area (Å²) in [6.07, 6.45) is 3.13. The van der Waals surface area contributed by atoms with E-state index in [1.807, 2.05) is 0 Å². The summed E-state index contributed by atoms with van der Waals surface area (Å²) in [5.41, 5.74) is 4.35. The van der Waals surface area contributed by atoms with E-state index < -0.39 is 11.5 Å². The van der Waals surface area contributed by atoms with Gasteiger partial charge in [0.2, 0.25) is 0 Å². The van der Waals surface area contributed by atoms with Crippen molar-refractivity contribution in [1.82, 2.24) is 0 Å². The fraction of sp³-hybridized carbons (Fsp3) is 0.818. The van der Waals surface area contributed by atoms with Crippen LogP contribution in [0.4, 0.5) is 0 Å². The summed E-state index contributed by atoms with van der Waals surface area (Å²) in [5, 5.41) is 0. The Morgan fingerprint density at radius 1 is 1.27 bits per heavy atom. The summed E-state index contributed by atoms with van der Waals surface area (Å²) >= 11 is 0. The molecule has 0 rings (SSSR count). The van der Waals surface area contributed by atoms with Crippen molar-refractivity contribution >= 4 is 11.8 Å². The highest BCUT2D eigenvalue weighted by molar-refractivity contribution is 6.07. The standard InChI is InChI=1S/C11H21NO3/c1-4-6-7-8-11(12,9(3)13)10(14)15-5-2/h4-8,12H2,1-3H3. The number of hydrogen-bond acceptors (Lipinski definition) is 4. The van der Waals surface area contributed by atoms with Gasteiger partial charge >= 0.3 is 5.97 Å². The second-order valence-corrected chi connectivity index (χ2v) is 3.71. The van der Waals surface area contributed by atoms with Gasteiger partial charge < -0.3 is 10.5 Å². The van der Waals surface area contributed by atoms with Crippen LogP contribution in [0.5, 0.6) is 0 Å². The lowest BCUT2D eigenvalue weighted by Crippen LogP contribution is -2.54. The molecule has 4 heteroatoms. The van der Waals surface area contributed by atoms with Gasteiger partial charge in [0.25, 0.3) is 0 Å². The third-order valence-corrected chi connectivity index (χ3v) is 2.44. The number of carbonyl (C=O) groups is 2. The Hall–Kier alpha value is -0.900. The van der Waals surface area contributed by atoms with Gasteiger partial charge in [0.1, 0.15) is 0 Å². The van der Waals surface area contributed by atoms with E-state index >= 15 is 0 Å². The summed E-state index contributed by atoms with van der Waals surface area (Å²) in [6.45, 7) is 5.34. The maximum absolute atomic E-state index is 11.5. The van der Waals surface area contributed by atoms with Crippen LogP contribution >= 0.6 is 0 Å². The lowest BCUT2D eigenvalue weighted by atomic mass is 9.89. The Labute approximate surface area is 91.2 Å². The number of nitrogens with two attached hydrogens (primary N) is 1. The number of rotatable bonds is 7. The van der Waals surface area contributed by atoms with Crippen LogP contribution in [0, 0.1) is 0 Å². The molecule has 0 aromatic carbocycles. The maximum atomic E-state index is 11.5. The first kappa shape index (κ1) is 14.1. The molecule has 0 aromatic heterocycles. The van der Waals surface area contributed by atoms with Gasteiger partial charge in [0.15, 0.2) is 11.3 Å². The molecule has 0 aliphatic rings. The van der Waals surface area contributed by atoms with Crippen LogP contribution in [-0.2, 0) is 14.3 Å². The molecule has 0 spiro atoms. The van der Waals surface area contributed by atoms with Gasteiger partial charge in [0, 0.05) is 0 Å². The molecule has 1 unspecified atom stereocenters. The van der Waals surface area contributed by atoms with Crippen molar-refractivity contribution in [2.24, 2.45) is 5.73 Å². The third-order valence-electron chi connectivity index (χ3n) is 2.44. The molecule has 2 N–H and O–H groups in total. The first-order chi connectivity index (χ1) is 6.99. The van der Waals surface area contributed by atoms with E-state index in [2.05, 4.69) is 6.92 Å². The number of ketones is 1. The number of Topliss-reactive ketones (excluding diaryl/α,β-unsaturated/α-hetero) is 1. The highest BCUT2D eigenvalue weighted by atomic mass is 16.5. The van der Waals surface area contributed by atoms with Crippen LogP contribution in [0.25, 0.3) is 0 Å². The highest BCUT2D eigenvalue weighted by Crippen LogP contribution is 2.15. The van der Waals surface area contributed by atoms with E-state index in [-0.39, 0.29) is 12.4 Å². The zero-order valence-corrected chi connectivity index (χ0v) is 9.84. The molecule has 0 bridgehead atoms. The Balaban J connectivity index is 4.44. The van der Waals surface area contributed by atoms with Crippen LogP contribution in [0.15, 0.2) is 0 Å². The predicted molar refractivity (Wildman–Crippen MR) is 58.4 cm³/mol. The average Bonchev–Trinajstić information content (AvgIpc) is 2.18. The molecule has 15 heavy (non-hydrogen) atoms. The van der Waals surface area contributed by atoms with Crippen molar-refractivity contribution in [3.63, 3.8) is 0 Å². The molecule has 88 valence electrons. The number of hydrogen-bond donors (Lipinski definition) is 1. The first-order valence-corrected chi connectivity index (χ1v) is 5.46. The van der Waals surface area contributed by atoms with Crippen molar-refractivity contribution in [3.05, 3.63) is 0 Å². The van der Waals surface area contributed by atoms with Crippen molar-refractivity contribution in [2.45, 2.75) is 52.0 Å². The summed E-state index contributed by atoms with van der Waals surface area (Å²) in [7, 11) is 0. The number of unbranched alkanes of at least 4 members (excludes halogenated alkanes) is 2. The lowest BCUT2D eigenvalue weighted by molar-refractivity contribution is -0.153. The van der Waals surface area contributed by atoms with Gasteiger partial charge in [-0.2, -0.15) is 0 Å². The molecule has 0 heterocycles. The maximum Gasteiger partial charge on any atom is 0.333 e. The molecular formula is C11H21NO3. The molecule has 0 radical (unpaired) electrons. The van der Waals surface area contributed by atoms with Gasteiger partial charge in [-0.25, -0.2) is 4.79 Å². The van der Waals surface area contributed by atoms with Crippen LogP contribution in [0.3, 0.4) is 0 Å². The minimum Gasteiger partial charge on any atom is -0.464 e. The average molecular weight is 215 g/mol. The van der Waals surface area contributed by atoms with Crippen molar-refractivity contribution in [2.75, 3.05) is 6.61 Å². The van der Waals surface area contributed by atoms with Crippen molar-refractivity contribution in [3.8, 4) is 0 Å². The number of esters is 1. The molecule has 0 amide bonds. The highest BCUT2D eigenvalue weighted by Gasteiger charge is 2.39. The van der Waals surface area contributed by atoms with Crippen molar-refractivity contribution in [1.29, 1.82) is 0 Å². The van der Waals surface area contributed by atoms with Gasteiger partial charge in [-0.05, 0) is 20.3 Å². The molecular weight excluding hydrogens is 194 g/mol. The van der Waals surface area contributed by atoms with E-state index in [0.717, 1.165) is 19.3 Å². The lowest BCUT2D eigenvalue weighted by Gasteiger charge is -2.23. The molecule has 0 saturated carbocycles. The molecule has 1 atom stereocenters. The number of ether oxygens (including phenoxy) is 1. The Morgan fingerprint density at radius 3 is 2.27 bits per heavy atom. The SMILES string of the molecule is CCCCCC(N)(C(C)=O)C(=O)OCC. The zero-order valence-electron chi connectivity index (χ0n) is 9.84. The monoisotopic (exact) mass is 215 g/mol. The summed E-state index contributed by atoms with van der Waals surface area (Å²) < 4.78 is 4.81.